The second-order valence-corrected chi connectivity index (χ2v) is 5.86. The van der Waals surface area contributed by atoms with E-state index in [1.807, 2.05) is 0 Å². The molecule has 14 heavy (non-hydrogen) atoms. The van der Waals surface area contributed by atoms with Crippen LogP contribution >= 0.6 is 0 Å². The van der Waals surface area contributed by atoms with Gasteiger partial charge >= 0.3 is 0 Å². The minimum absolute atomic E-state index is 0.360. The topological polar surface area (TPSA) is 15.3 Å². The summed E-state index contributed by atoms with van der Waals surface area (Å²) in [5, 5.41) is 3.59. The highest BCUT2D eigenvalue weighted by Gasteiger charge is 2.33. The molecule has 2 heteroatoms. The van der Waals surface area contributed by atoms with Crippen LogP contribution in [0.25, 0.3) is 0 Å². The number of hydrogen-bond acceptors (Lipinski definition) is 2. The molecule has 1 saturated carbocycles. The van der Waals surface area contributed by atoms with E-state index in [-0.39, 0.29) is 0 Å². The first kappa shape index (κ1) is 10.4. The molecule has 1 aliphatic heterocycles. The van der Waals surface area contributed by atoms with Gasteiger partial charge in [-0.1, -0.05) is 6.42 Å². The average Bonchev–Trinajstić information content (AvgIpc) is 2.38. The predicted molar refractivity (Wildman–Crippen MR) is 60.5 cm³/mol. The maximum Gasteiger partial charge on any atom is 0.0235 e. The summed E-state index contributed by atoms with van der Waals surface area (Å²) in [6.07, 6.45) is 5.70. The lowest BCUT2D eigenvalue weighted by molar-refractivity contribution is 0.166. The van der Waals surface area contributed by atoms with Gasteiger partial charge in [0.25, 0.3) is 0 Å². The molecule has 0 spiro atoms. The molecule has 0 bridgehead atoms. The Hall–Kier alpha value is -0.0800. The van der Waals surface area contributed by atoms with E-state index >= 15 is 0 Å². The summed E-state index contributed by atoms with van der Waals surface area (Å²) in [5.41, 5.74) is 0.360. The molecule has 0 aromatic carbocycles. The third kappa shape index (κ3) is 2.29. The van der Waals surface area contributed by atoms with E-state index in [9.17, 15) is 0 Å². The molecule has 0 amide bonds. The largest absolute Gasteiger partial charge is 0.310 e. The van der Waals surface area contributed by atoms with Gasteiger partial charge in [-0.15, -0.1) is 0 Å². The number of likely N-dealkylation sites (N-methyl/N-ethyl adjacent to an activating group) is 1. The van der Waals surface area contributed by atoms with Crippen molar-refractivity contribution in [2.75, 3.05) is 20.1 Å². The van der Waals surface area contributed by atoms with Crippen molar-refractivity contribution in [3.05, 3.63) is 0 Å². The van der Waals surface area contributed by atoms with E-state index < -0.39 is 0 Å². The van der Waals surface area contributed by atoms with Crippen molar-refractivity contribution in [3.8, 4) is 0 Å². The lowest BCUT2D eigenvalue weighted by atomic mass is 9.85. The molecule has 2 fully saturated rings. The summed E-state index contributed by atoms with van der Waals surface area (Å²) in [4.78, 5) is 2.57. The Labute approximate surface area is 88.1 Å². The Balaban J connectivity index is 1.77. The van der Waals surface area contributed by atoms with E-state index in [0.29, 0.717) is 5.54 Å². The van der Waals surface area contributed by atoms with Gasteiger partial charge in [0, 0.05) is 24.7 Å². The van der Waals surface area contributed by atoms with E-state index in [0.717, 1.165) is 12.0 Å². The van der Waals surface area contributed by atoms with Crippen molar-refractivity contribution in [1.29, 1.82) is 0 Å². The highest BCUT2D eigenvalue weighted by molar-refractivity contribution is 4.94. The molecule has 82 valence electrons. The molecule has 1 unspecified atom stereocenters. The first-order valence-electron chi connectivity index (χ1n) is 6.02. The molecule has 1 saturated heterocycles. The molecule has 1 N–H and O–H groups in total. The number of hydrogen-bond donors (Lipinski definition) is 1. The van der Waals surface area contributed by atoms with Crippen LogP contribution in [0.2, 0.25) is 0 Å². The standard InChI is InChI=1S/C12H24N2/c1-12(2)7-11(8-13-12)14(3)9-10-5-4-6-10/h10-11,13H,4-9H2,1-3H3. The number of nitrogens with one attached hydrogen (secondary N) is 1. The fourth-order valence-electron chi connectivity index (χ4n) is 2.67. The van der Waals surface area contributed by atoms with Gasteiger partial charge in [0.05, 0.1) is 0 Å². The van der Waals surface area contributed by atoms with Crippen LogP contribution in [0.4, 0.5) is 0 Å². The molecule has 1 atom stereocenters. The van der Waals surface area contributed by atoms with Crippen LogP contribution in [-0.2, 0) is 0 Å². The predicted octanol–water partition coefficient (Wildman–Crippen LogP) is 1.86. The third-order valence-corrected chi connectivity index (χ3v) is 3.96. The van der Waals surface area contributed by atoms with Crippen molar-refractivity contribution in [2.45, 2.75) is 51.1 Å². The molecule has 2 aliphatic rings. The van der Waals surface area contributed by atoms with Crippen molar-refractivity contribution in [3.63, 3.8) is 0 Å². The van der Waals surface area contributed by atoms with E-state index in [4.69, 9.17) is 0 Å². The lowest BCUT2D eigenvalue weighted by Gasteiger charge is -2.33. The molecule has 2 nitrogen and oxygen atoms in total. The number of nitrogens with zero attached hydrogens (tertiary/aromatic N) is 1. The maximum atomic E-state index is 3.59. The van der Waals surface area contributed by atoms with Gasteiger partial charge in [-0.2, -0.15) is 0 Å². The zero-order valence-electron chi connectivity index (χ0n) is 9.84. The van der Waals surface area contributed by atoms with Crippen LogP contribution in [-0.4, -0.2) is 36.6 Å². The van der Waals surface area contributed by atoms with Gasteiger partial charge in [0.15, 0.2) is 0 Å². The first-order chi connectivity index (χ1) is 6.57. The first-order valence-corrected chi connectivity index (χ1v) is 6.02. The maximum absolute atomic E-state index is 3.59. The molecular formula is C12H24N2. The van der Waals surface area contributed by atoms with Gasteiger partial charge in [-0.25, -0.2) is 0 Å². The average molecular weight is 196 g/mol. The summed E-state index contributed by atoms with van der Waals surface area (Å²) in [7, 11) is 2.30. The molecule has 0 aromatic rings. The fraction of sp³-hybridized carbons (Fsp3) is 1.00. The van der Waals surface area contributed by atoms with E-state index in [1.54, 1.807) is 0 Å². The van der Waals surface area contributed by atoms with Gasteiger partial charge in [-0.05, 0) is 46.1 Å². The minimum atomic E-state index is 0.360. The van der Waals surface area contributed by atoms with Crippen LogP contribution in [0.15, 0.2) is 0 Å². The molecule has 0 radical (unpaired) electrons. The van der Waals surface area contributed by atoms with E-state index in [1.165, 1.54) is 38.8 Å². The van der Waals surface area contributed by atoms with Gasteiger partial charge in [0.2, 0.25) is 0 Å². The Morgan fingerprint density at radius 3 is 2.50 bits per heavy atom. The van der Waals surface area contributed by atoms with Crippen LogP contribution in [0.5, 0.6) is 0 Å². The van der Waals surface area contributed by atoms with Crippen molar-refractivity contribution in [2.24, 2.45) is 5.92 Å². The highest BCUT2D eigenvalue weighted by Crippen LogP contribution is 2.29. The van der Waals surface area contributed by atoms with Gasteiger partial charge in [0.1, 0.15) is 0 Å². The van der Waals surface area contributed by atoms with Crippen LogP contribution in [0, 0.1) is 5.92 Å². The third-order valence-electron chi connectivity index (χ3n) is 3.96. The SMILES string of the molecule is CN(CC1CCC1)C1CNC(C)(C)C1. The summed E-state index contributed by atoms with van der Waals surface area (Å²) in [6.45, 7) is 7.12. The summed E-state index contributed by atoms with van der Waals surface area (Å²) >= 11 is 0. The lowest BCUT2D eigenvalue weighted by Crippen LogP contribution is -2.38. The molecule has 1 aliphatic carbocycles. The molecule has 1 heterocycles. The van der Waals surface area contributed by atoms with Gasteiger partial charge in [-0.3, -0.25) is 0 Å². The second kappa shape index (κ2) is 3.82. The monoisotopic (exact) mass is 196 g/mol. The second-order valence-electron chi connectivity index (χ2n) is 5.86. The normalized spacial score (nSPS) is 32.1. The van der Waals surface area contributed by atoms with Gasteiger partial charge < -0.3 is 10.2 Å². The summed E-state index contributed by atoms with van der Waals surface area (Å²) < 4.78 is 0. The Kier molecular flexibility index (Phi) is 2.85. The Bertz CT molecular complexity index is 196. The van der Waals surface area contributed by atoms with Crippen LogP contribution in [0.1, 0.15) is 39.5 Å². The van der Waals surface area contributed by atoms with Crippen molar-refractivity contribution >= 4 is 0 Å². The fourth-order valence-corrected chi connectivity index (χ4v) is 2.67. The van der Waals surface area contributed by atoms with Crippen LogP contribution < -0.4 is 5.32 Å². The quantitative estimate of drug-likeness (QED) is 0.741. The van der Waals surface area contributed by atoms with Crippen molar-refractivity contribution < 1.29 is 0 Å². The molecule has 0 aromatic heterocycles. The summed E-state index contributed by atoms with van der Waals surface area (Å²) in [6, 6.07) is 0.769. The zero-order chi connectivity index (χ0) is 10.2. The zero-order valence-corrected chi connectivity index (χ0v) is 9.84. The molecular weight excluding hydrogens is 172 g/mol. The highest BCUT2D eigenvalue weighted by atomic mass is 15.2. The smallest absolute Gasteiger partial charge is 0.0235 e. The molecule has 2 rings (SSSR count). The summed E-state index contributed by atoms with van der Waals surface area (Å²) in [5.74, 6) is 1.00. The van der Waals surface area contributed by atoms with Crippen LogP contribution in [0.3, 0.4) is 0 Å². The minimum Gasteiger partial charge on any atom is -0.310 e. The van der Waals surface area contributed by atoms with Crippen molar-refractivity contribution in [1.82, 2.24) is 10.2 Å². The Morgan fingerprint density at radius 2 is 2.07 bits per heavy atom. The number of rotatable bonds is 3. The Morgan fingerprint density at radius 1 is 1.36 bits per heavy atom. The van der Waals surface area contributed by atoms with E-state index in [2.05, 4.69) is 31.1 Å².